The Morgan fingerprint density at radius 2 is 2.00 bits per heavy atom. The Labute approximate surface area is 158 Å². The molecule has 4 rings (SSSR count). The fraction of sp³-hybridized carbons (Fsp3) is 0.333. The molecule has 0 fully saturated rings. The van der Waals surface area contributed by atoms with Gasteiger partial charge in [0.1, 0.15) is 11.9 Å². The molecule has 2 aromatic heterocycles. The first-order valence-electron chi connectivity index (χ1n) is 8.71. The number of hydrogen-bond acceptors (Lipinski definition) is 5. The summed E-state index contributed by atoms with van der Waals surface area (Å²) in [5.74, 6) is -1.41. The molecule has 1 amide bonds. The van der Waals surface area contributed by atoms with E-state index >= 15 is 0 Å². The number of aryl methyl sites for hydroxylation is 1. The highest BCUT2D eigenvalue weighted by Crippen LogP contribution is 2.29. The van der Waals surface area contributed by atoms with Gasteiger partial charge in [-0.05, 0) is 31.9 Å². The number of benzene rings is 1. The molecule has 10 heteroatoms. The number of alkyl halides is 3. The highest BCUT2D eigenvalue weighted by atomic mass is 19.4. The van der Waals surface area contributed by atoms with Crippen molar-refractivity contribution < 1.29 is 18.0 Å². The van der Waals surface area contributed by atoms with Gasteiger partial charge in [0.25, 0.3) is 11.6 Å². The summed E-state index contributed by atoms with van der Waals surface area (Å²) >= 11 is 0. The Kier molecular flexibility index (Phi) is 4.20. The lowest BCUT2D eigenvalue weighted by atomic mass is 10.2. The van der Waals surface area contributed by atoms with Gasteiger partial charge in [-0.15, -0.1) is 5.10 Å². The normalized spacial score (nSPS) is 15.0. The third-order valence-electron chi connectivity index (χ3n) is 4.58. The molecule has 1 unspecified atom stereocenters. The number of aromatic nitrogens is 4. The first-order valence-corrected chi connectivity index (χ1v) is 8.71. The maximum atomic E-state index is 12.9. The molecule has 1 atom stereocenters. The maximum absolute atomic E-state index is 12.9. The van der Waals surface area contributed by atoms with Crippen molar-refractivity contribution in [3.05, 3.63) is 47.4 Å². The number of carbonyl (C=O) groups is 1. The van der Waals surface area contributed by atoms with Gasteiger partial charge >= 0.3 is 6.18 Å². The molecule has 0 saturated carbocycles. The summed E-state index contributed by atoms with van der Waals surface area (Å²) < 4.78 is 39.8. The van der Waals surface area contributed by atoms with Crippen molar-refractivity contribution in [2.45, 2.75) is 32.5 Å². The fourth-order valence-corrected chi connectivity index (χ4v) is 3.29. The summed E-state index contributed by atoms with van der Waals surface area (Å²) in [7, 11) is 0. The summed E-state index contributed by atoms with van der Waals surface area (Å²) in [5.41, 5.74) is 2.41. The number of carbonyl (C=O) groups excluding carboxylic acids is 1. The topological polar surface area (TPSA) is 75.4 Å². The van der Waals surface area contributed by atoms with E-state index in [1.54, 1.807) is 18.7 Å². The Bertz CT molecular complexity index is 1060. The van der Waals surface area contributed by atoms with Gasteiger partial charge in [0.2, 0.25) is 5.91 Å². The first-order chi connectivity index (χ1) is 13.2. The van der Waals surface area contributed by atoms with Gasteiger partial charge in [-0.2, -0.15) is 22.7 Å². The van der Waals surface area contributed by atoms with E-state index in [2.05, 4.69) is 20.4 Å². The van der Waals surface area contributed by atoms with Crippen LogP contribution in [0, 0.1) is 6.92 Å². The highest BCUT2D eigenvalue weighted by molar-refractivity contribution is 6.00. The quantitative estimate of drug-likeness (QED) is 0.744. The number of para-hydroxylation sites is 1. The lowest BCUT2D eigenvalue weighted by Crippen LogP contribution is -2.41. The molecule has 28 heavy (non-hydrogen) atoms. The summed E-state index contributed by atoms with van der Waals surface area (Å²) in [6.07, 6.45) is -3.91. The van der Waals surface area contributed by atoms with Gasteiger partial charge in [0, 0.05) is 24.0 Å². The molecule has 146 valence electrons. The molecular weight excluding hydrogens is 373 g/mol. The number of nitrogens with one attached hydrogen (secondary N) is 1. The Morgan fingerprint density at radius 1 is 1.25 bits per heavy atom. The second-order valence-corrected chi connectivity index (χ2v) is 6.66. The standard InChI is InChI=1S/C18H17F3N6O/c1-10-9-14(27-17(22-10)24-16(25-27)18(19,20)21)23-11(2)15(28)26-8-7-12-5-3-4-6-13(12)26/h3-6,9,11,23H,7-8H2,1-2H3. The minimum Gasteiger partial charge on any atom is -0.358 e. The second-order valence-electron chi connectivity index (χ2n) is 6.66. The minimum absolute atomic E-state index is 0.177. The predicted molar refractivity (Wildman–Crippen MR) is 96.1 cm³/mol. The Balaban J connectivity index is 1.63. The van der Waals surface area contributed by atoms with Gasteiger partial charge in [-0.25, -0.2) is 4.98 Å². The monoisotopic (exact) mass is 390 g/mol. The lowest BCUT2D eigenvalue weighted by Gasteiger charge is -2.23. The van der Waals surface area contributed by atoms with Crippen LogP contribution in [0.5, 0.6) is 0 Å². The van der Waals surface area contributed by atoms with E-state index in [9.17, 15) is 18.0 Å². The molecule has 3 aromatic rings. The number of anilines is 2. The third kappa shape index (κ3) is 3.14. The molecule has 1 aliphatic rings. The summed E-state index contributed by atoms with van der Waals surface area (Å²) in [5, 5.41) is 6.46. The molecule has 1 aromatic carbocycles. The second kappa shape index (κ2) is 6.47. The third-order valence-corrected chi connectivity index (χ3v) is 4.58. The van der Waals surface area contributed by atoms with E-state index in [0.717, 1.165) is 22.2 Å². The largest absolute Gasteiger partial charge is 0.453 e. The average molecular weight is 390 g/mol. The number of amides is 1. The lowest BCUT2D eigenvalue weighted by molar-refractivity contribution is -0.144. The average Bonchev–Trinajstić information content (AvgIpc) is 3.24. The van der Waals surface area contributed by atoms with Crippen molar-refractivity contribution in [1.29, 1.82) is 0 Å². The van der Waals surface area contributed by atoms with Gasteiger partial charge in [-0.1, -0.05) is 18.2 Å². The molecular formula is C18H17F3N6O. The highest BCUT2D eigenvalue weighted by Gasteiger charge is 2.37. The van der Waals surface area contributed by atoms with Crippen molar-refractivity contribution in [2.24, 2.45) is 0 Å². The molecule has 1 aliphatic heterocycles. The van der Waals surface area contributed by atoms with Gasteiger partial charge in [0.05, 0.1) is 0 Å². The number of hydrogen-bond donors (Lipinski definition) is 1. The van der Waals surface area contributed by atoms with Crippen molar-refractivity contribution in [3.63, 3.8) is 0 Å². The summed E-state index contributed by atoms with van der Waals surface area (Å²) in [6.45, 7) is 3.86. The van der Waals surface area contributed by atoms with Crippen LogP contribution in [0.4, 0.5) is 24.7 Å². The number of fused-ring (bicyclic) bond motifs is 2. The Morgan fingerprint density at radius 3 is 2.75 bits per heavy atom. The van der Waals surface area contributed by atoms with Crippen molar-refractivity contribution in [3.8, 4) is 0 Å². The molecule has 0 saturated heterocycles. The van der Waals surface area contributed by atoms with Crippen LogP contribution in [0.25, 0.3) is 5.78 Å². The van der Waals surface area contributed by atoms with E-state index < -0.39 is 18.0 Å². The van der Waals surface area contributed by atoms with Crippen molar-refractivity contribution in [2.75, 3.05) is 16.8 Å². The zero-order valence-electron chi connectivity index (χ0n) is 15.2. The van der Waals surface area contributed by atoms with Crippen LogP contribution < -0.4 is 10.2 Å². The van der Waals surface area contributed by atoms with Crippen LogP contribution in [0.2, 0.25) is 0 Å². The smallest absolute Gasteiger partial charge is 0.358 e. The maximum Gasteiger partial charge on any atom is 0.453 e. The van der Waals surface area contributed by atoms with E-state index in [1.807, 2.05) is 24.3 Å². The van der Waals surface area contributed by atoms with Crippen LogP contribution in [0.1, 0.15) is 24.0 Å². The van der Waals surface area contributed by atoms with Crippen molar-refractivity contribution >= 4 is 23.2 Å². The molecule has 0 spiro atoms. The zero-order chi connectivity index (χ0) is 20.1. The Hall–Kier alpha value is -3.17. The molecule has 0 radical (unpaired) electrons. The van der Waals surface area contributed by atoms with Crippen LogP contribution in [-0.2, 0) is 17.4 Å². The first kappa shape index (κ1) is 18.2. The van der Waals surface area contributed by atoms with Crippen LogP contribution in [-0.4, -0.2) is 38.1 Å². The molecule has 1 N–H and O–H groups in total. The SMILES string of the molecule is Cc1cc(NC(C)C(=O)N2CCc3ccccc32)n2nc(C(F)(F)F)nc2n1. The minimum atomic E-state index is -4.68. The summed E-state index contributed by atoms with van der Waals surface area (Å²) in [4.78, 5) is 22.0. The zero-order valence-corrected chi connectivity index (χ0v) is 15.2. The van der Waals surface area contributed by atoms with Crippen molar-refractivity contribution in [1.82, 2.24) is 19.6 Å². The van der Waals surface area contributed by atoms with Gasteiger partial charge in [-0.3, -0.25) is 4.79 Å². The number of nitrogens with zero attached hydrogens (tertiary/aromatic N) is 5. The molecule has 3 heterocycles. The van der Waals surface area contributed by atoms with E-state index in [1.165, 1.54) is 6.07 Å². The van der Waals surface area contributed by atoms with Crippen LogP contribution in [0.3, 0.4) is 0 Å². The van der Waals surface area contributed by atoms with E-state index in [4.69, 9.17) is 0 Å². The van der Waals surface area contributed by atoms with Crippen LogP contribution >= 0.6 is 0 Å². The number of rotatable bonds is 3. The van der Waals surface area contributed by atoms with Gasteiger partial charge < -0.3 is 10.2 Å². The van der Waals surface area contributed by atoms with E-state index in [-0.39, 0.29) is 17.5 Å². The molecule has 0 bridgehead atoms. The predicted octanol–water partition coefficient (Wildman–Crippen LogP) is 2.84. The molecule has 7 nitrogen and oxygen atoms in total. The van der Waals surface area contributed by atoms with Crippen LogP contribution in [0.15, 0.2) is 30.3 Å². The van der Waals surface area contributed by atoms with E-state index in [0.29, 0.717) is 12.2 Å². The molecule has 0 aliphatic carbocycles. The number of halogens is 3. The summed E-state index contributed by atoms with van der Waals surface area (Å²) in [6, 6.07) is 8.50. The fourth-order valence-electron chi connectivity index (χ4n) is 3.29. The van der Waals surface area contributed by atoms with Gasteiger partial charge in [0.15, 0.2) is 0 Å².